The van der Waals surface area contributed by atoms with Crippen molar-refractivity contribution >= 4 is 0 Å². The van der Waals surface area contributed by atoms with Gasteiger partial charge < -0.3 is 9.73 Å². The zero-order valence-electron chi connectivity index (χ0n) is 14.4. The summed E-state index contributed by atoms with van der Waals surface area (Å²) in [6.07, 6.45) is 5.48. The van der Waals surface area contributed by atoms with Gasteiger partial charge >= 0.3 is 0 Å². The average Bonchev–Trinajstić information content (AvgIpc) is 2.76. The summed E-state index contributed by atoms with van der Waals surface area (Å²) in [7, 11) is 2.25. The summed E-state index contributed by atoms with van der Waals surface area (Å²) in [6, 6.07) is 3.41. The Morgan fingerprint density at radius 2 is 2.05 bits per heavy atom. The lowest BCUT2D eigenvalue weighted by atomic mass is 9.85. The highest BCUT2D eigenvalue weighted by molar-refractivity contribution is 5.20. The van der Waals surface area contributed by atoms with Crippen LogP contribution in [0, 0.1) is 12.8 Å². The van der Waals surface area contributed by atoms with Gasteiger partial charge in [0.15, 0.2) is 0 Å². The molecular weight excluding hydrogens is 260 g/mol. The molecule has 0 aliphatic heterocycles. The zero-order chi connectivity index (χ0) is 15.4. The first-order valence-corrected chi connectivity index (χ1v) is 8.49. The Morgan fingerprint density at radius 1 is 1.33 bits per heavy atom. The largest absolute Gasteiger partial charge is 0.463 e. The van der Waals surface area contributed by atoms with E-state index >= 15 is 0 Å². The fourth-order valence-electron chi connectivity index (χ4n) is 3.45. The number of nitrogens with zero attached hydrogens (tertiary/aromatic N) is 1. The van der Waals surface area contributed by atoms with Crippen LogP contribution in [-0.2, 0) is 13.1 Å². The van der Waals surface area contributed by atoms with Crippen LogP contribution in [-0.4, -0.2) is 24.0 Å². The van der Waals surface area contributed by atoms with Crippen molar-refractivity contribution in [2.75, 3.05) is 7.05 Å². The Morgan fingerprint density at radius 3 is 2.71 bits per heavy atom. The average molecular weight is 292 g/mol. The standard InChI is InChI=1S/C18H32N2O/c1-13(2)19-11-18-15(4)10-16(21-18)12-20(5)17-9-7-6-8-14(17)3/h10,13-14,17,19H,6-9,11-12H2,1-5H3. The molecular formula is C18H32N2O. The number of rotatable bonds is 6. The van der Waals surface area contributed by atoms with Gasteiger partial charge in [0, 0.05) is 12.1 Å². The second-order valence-corrected chi connectivity index (χ2v) is 7.10. The van der Waals surface area contributed by atoms with Gasteiger partial charge in [0.1, 0.15) is 11.5 Å². The van der Waals surface area contributed by atoms with Gasteiger partial charge in [-0.05, 0) is 44.4 Å². The zero-order valence-corrected chi connectivity index (χ0v) is 14.4. The first-order chi connectivity index (χ1) is 9.97. The van der Waals surface area contributed by atoms with Crippen LogP contribution in [0.4, 0.5) is 0 Å². The molecule has 1 fully saturated rings. The van der Waals surface area contributed by atoms with Crippen LogP contribution in [0.25, 0.3) is 0 Å². The number of furan rings is 1. The summed E-state index contributed by atoms with van der Waals surface area (Å²) in [6.45, 7) is 10.6. The summed E-state index contributed by atoms with van der Waals surface area (Å²) in [5, 5.41) is 3.43. The monoisotopic (exact) mass is 292 g/mol. The molecule has 1 aromatic heterocycles. The van der Waals surface area contributed by atoms with Gasteiger partial charge in [0.05, 0.1) is 13.1 Å². The molecule has 120 valence electrons. The van der Waals surface area contributed by atoms with Crippen LogP contribution in [0.1, 0.15) is 63.5 Å². The fraction of sp³-hybridized carbons (Fsp3) is 0.778. The van der Waals surface area contributed by atoms with Gasteiger partial charge in [-0.2, -0.15) is 0 Å². The predicted molar refractivity (Wildman–Crippen MR) is 88.3 cm³/mol. The first kappa shape index (κ1) is 16.6. The maximum Gasteiger partial charge on any atom is 0.120 e. The molecule has 1 aliphatic carbocycles. The molecule has 1 aliphatic rings. The Bertz CT molecular complexity index is 438. The van der Waals surface area contributed by atoms with Gasteiger partial charge in [0.25, 0.3) is 0 Å². The molecule has 1 N–H and O–H groups in total. The summed E-state index contributed by atoms with van der Waals surface area (Å²) in [5.74, 6) is 3.00. The fourth-order valence-corrected chi connectivity index (χ4v) is 3.45. The molecule has 0 spiro atoms. The maximum absolute atomic E-state index is 6.06. The number of hydrogen-bond donors (Lipinski definition) is 1. The Kier molecular flexibility index (Phi) is 5.88. The Balaban J connectivity index is 1.94. The van der Waals surface area contributed by atoms with E-state index in [9.17, 15) is 0 Å². The molecule has 0 bridgehead atoms. The summed E-state index contributed by atoms with van der Waals surface area (Å²) < 4.78 is 6.06. The van der Waals surface area contributed by atoms with E-state index in [2.05, 4.69) is 51.0 Å². The van der Waals surface area contributed by atoms with Crippen LogP contribution in [0.2, 0.25) is 0 Å². The van der Waals surface area contributed by atoms with Gasteiger partial charge in [-0.15, -0.1) is 0 Å². The smallest absolute Gasteiger partial charge is 0.120 e. The third-order valence-corrected chi connectivity index (χ3v) is 4.78. The van der Waals surface area contributed by atoms with Gasteiger partial charge in [0.2, 0.25) is 0 Å². The summed E-state index contributed by atoms with van der Waals surface area (Å²) >= 11 is 0. The van der Waals surface area contributed by atoms with Crippen LogP contribution in [0.3, 0.4) is 0 Å². The molecule has 21 heavy (non-hydrogen) atoms. The van der Waals surface area contributed by atoms with Crippen LogP contribution in [0.5, 0.6) is 0 Å². The SMILES string of the molecule is Cc1cc(CN(C)C2CCCCC2C)oc1CNC(C)C. The van der Waals surface area contributed by atoms with E-state index in [1.165, 1.54) is 31.2 Å². The van der Waals surface area contributed by atoms with Crippen LogP contribution < -0.4 is 5.32 Å². The Labute approximate surface area is 130 Å². The highest BCUT2D eigenvalue weighted by atomic mass is 16.3. The predicted octanol–water partition coefficient (Wildman–Crippen LogP) is 4.10. The van der Waals surface area contributed by atoms with E-state index in [0.29, 0.717) is 12.1 Å². The third-order valence-electron chi connectivity index (χ3n) is 4.78. The van der Waals surface area contributed by atoms with Crippen molar-refractivity contribution in [3.8, 4) is 0 Å². The number of aryl methyl sites for hydroxylation is 1. The molecule has 0 aromatic carbocycles. The second-order valence-electron chi connectivity index (χ2n) is 7.10. The lowest BCUT2D eigenvalue weighted by molar-refractivity contribution is 0.125. The van der Waals surface area contributed by atoms with E-state index in [0.717, 1.165) is 30.5 Å². The molecule has 2 rings (SSSR count). The maximum atomic E-state index is 6.06. The number of nitrogens with one attached hydrogen (secondary N) is 1. The first-order valence-electron chi connectivity index (χ1n) is 8.49. The lowest BCUT2D eigenvalue weighted by Gasteiger charge is -2.35. The number of hydrogen-bond acceptors (Lipinski definition) is 3. The molecule has 1 heterocycles. The molecule has 2 unspecified atom stereocenters. The highest BCUT2D eigenvalue weighted by Crippen LogP contribution is 2.28. The van der Waals surface area contributed by atoms with Crippen molar-refractivity contribution in [3.63, 3.8) is 0 Å². The van der Waals surface area contributed by atoms with Crippen LogP contribution in [0.15, 0.2) is 10.5 Å². The minimum atomic E-state index is 0.490. The van der Waals surface area contributed by atoms with Crippen molar-refractivity contribution in [1.82, 2.24) is 10.2 Å². The van der Waals surface area contributed by atoms with Crippen LogP contribution >= 0.6 is 0 Å². The molecule has 1 saturated carbocycles. The third kappa shape index (κ3) is 4.58. The van der Waals surface area contributed by atoms with Crippen molar-refractivity contribution < 1.29 is 4.42 Å². The topological polar surface area (TPSA) is 28.4 Å². The lowest BCUT2D eigenvalue weighted by Crippen LogP contribution is -2.38. The van der Waals surface area contributed by atoms with Gasteiger partial charge in [-0.3, -0.25) is 4.90 Å². The van der Waals surface area contributed by atoms with Crippen molar-refractivity contribution in [3.05, 3.63) is 23.2 Å². The quantitative estimate of drug-likeness (QED) is 0.856. The molecule has 3 nitrogen and oxygen atoms in total. The van der Waals surface area contributed by atoms with E-state index < -0.39 is 0 Å². The van der Waals surface area contributed by atoms with Crippen molar-refractivity contribution in [2.45, 2.75) is 78.6 Å². The van der Waals surface area contributed by atoms with Crippen molar-refractivity contribution in [1.29, 1.82) is 0 Å². The van der Waals surface area contributed by atoms with E-state index in [4.69, 9.17) is 4.42 Å². The second kappa shape index (κ2) is 7.46. The molecule has 2 atom stereocenters. The van der Waals surface area contributed by atoms with Gasteiger partial charge in [-0.25, -0.2) is 0 Å². The molecule has 3 heteroatoms. The van der Waals surface area contributed by atoms with Gasteiger partial charge in [-0.1, -0.05) is 33.6 Å². The minimum absolute atomic E-state index is 0.490. The Hall–Kier alpha value is -0.800. The van der Waals surface area contributed by atoms with E-state index in [1.807, 2.05) is 0 Å². The normalized spacial score (nSPS) is 23.2. The van der Waals surface area contributed by atoms with E-state index in [1.54, 1.807) is 0 Å². The highest BCUT2D eigenvalue weighted by Gasteiger charge is 2.25. The molecule has 0 amide bonds. The molecule has 0 radical (unpaired) electrons. The minimum Gasteiger partial charge on any atom is -0.463 e. The van der Waals surface area contributed by atoms with Crippen molar-refractivity contribution in [2.24, 2.45) is 5.92 Å². The summed E-state index contributed by atoms with van der Waals surface area (Å²) in [5.41, 5.74) is 1.27. The molecule has 1 aromatic rings. The molecule has 0 saturated heterocycles. The van der Waals surface area contributed by atoms with E-state index in [-0.39, 0.29) is 0 Å². The summed E-state index contributed by atoms with van der Waals surface area (Å²) in [4.78, 5) is 2.49.